The van der Waals surface area contributed by atoms with Crippen molar-refractivity contribution in [3.05, 3.63) is 0 Å². The first-order valence-electron chi connectivity index (χ1n) is 7.21. The van der Waals surface area contributed by atoms with Gasteiger partial charge in [-0.3, -0.25) is 0 Å². The van der Waals surface area contributed by atoms with E-state index in [1.54, 1.807) is 0 Å². The summed E-state index contributed by atoms with van der Waals surface area (Å²) in [6.45, 7) is 12.6. The van der Waals surface area contributed by atoms with Crippen LogP contribution in [0.1, 0.15) is 41.0 Å². The summed E-state index contributed by atoms with van der Waals surface area (Å²) in [4.78, 5) is 11.6. The molecule has 1 rings (SSSR count). The Kier molecular flexibility index (Phi) is 6.07. The second kappa shape index (κ2) is 7.10. The summed E-state index contributed by atoms with van der Waals surface area (Å²) in [7, 11) is 0. The predicted octanol–water partition coefficient (Wildman–Crippen LogP) is 1.49. The molecule has 1 aliphatic rings. The fourth-order valence-corrected chi connectivity index (χ4v) is 2.09. The van der Waals surface area contributed by atoms with Crippen LogP contribution in [0.25, 0.3) is 0 Å². The molecule has 0 radical (unpaired) electrons. The Morgan fingerprint density at radius 3 is 2.58 bits per heavy atom. The average Bonchev–Trinajstić information content (AvgIpc) is 2.73. The fourth-order valence-electron chi connectivity index (χ4n) is 2.09. The van der Waals surface area contributed by atoms with Gasteiger partial charge in [0, 0.05) is 25.2 Å². The number of nitrogens with one attached hydrogen (secondary N) is 3. The van der Waals surface area contributed by atoms with Crippen molar-refractivity contribution in [2.75, 3.05) is 19.6 Å². The van der Waals surface area contributed by atoms with E-state index in [1.807, 2.05) is 20.8 Å². The zero-order valence-corrected chi connectivity index (χ0v) is 12.9. The summed E-state index contributed by atoms with van der Waals surface area (Å²) in [6.07, 6.45) is 0.805. The van der Waals surface area contributed by atoms with Crippen molar-refractivity contribution < 1.29 is 9.53 Å². The van der Waals surface area contributed by atoms with Gasteiger partial charge in [0.15, 0.2) is 0 Å². The summed E-state index contributed by atoms with van der Waals surface area (Å²) in [5, 5.41) is 9.79. The van der Waals surface area contributed by atoms with Gasteiger partial charge >= 0.3 is 6.09 Å². The summed E-state index contributed by atoms with van der Waals surface area (Å²) in [5.74, 6) is 0.468. The minimum atomic E-state index is -0.444. The molecule has 0 saturated carbocycles. The molecule has 0 aromatic rings. The van der Waals surface area contributed by atoms with E-state index < -0.39 is 5.60 Å². The molecule has 0 aromatic heterocycles. The molecule has 5 nitrogen and oxygen atoms in total. The average molecular weight is 271 g/mol. The molecule has 2 atom stereocenters. The Bertz CT molecular complexity index is 281. The maximum Gasteiger partial charge on any atom is 0.407 e. The van der Waals surface area contributed by atoms with Crippen LogP contribution in [-0.4, -0.2) is 43.4 Å². The molecule has 5 heteroatoms. The first-order valence-corrected chi connectivity index (χ1v) is 7.21. The van der Waals surface area contributed by atoms with Crippen LogP contribution in [0.15, 0.2) is 0 Å². The SMILES string of the molecule is CC(C)C(CNC(=O)OC(C)(C)C)NC1CCNC1. The van der Waals surface area contributed by atoms with E-state index in [9.17, 15) is 4.79 Å². The van der Waals surface area contributed by atoms with Crippen molar-refractivity contribution in [1.29, 1.82) is 0 Å². The standard InChI is InChI=1S/C14H29N3O2/c1-10(2)12(17-11-6-7-15-8-11)9-16-13(18)19-14(3,4)5/h10-12,15,17H,6-9H2,1-5H3,(H,16,18). The van der Waals surface area contributed by atoms with Crippen LogP contribution in [0.4, 0.5) is 4.79 Å². The highest BCUT2D eigenvalue weighted by molar-refractivity contribution is 5.67. The minimum absolute atomic E-state index is 0.275. The van der Waals surface area contributed by atoms with Gasteiger partial charge in [-0.2, -0.15) is 0 Å². The molecule has 112 valence electrons. The molecule has 2 unspecified atom stereocenters. The zero-order chi connectivity index (χ0) is 14.5. The maximum atomic E-state index is 11.6. The number of amides is 1. The second-order valence-electron chi connectivity index (χ2n) is 6.59. The fraction of sp³-hybridized carbons (Fsp3) is 0.929. The summed E-state index contributed by atoms with van der Waals surface area (Å²) >= 11 is 0. The smallest absolute Gasteiger partial charge is 0.407 e. The third-order valence-electron chi connectivity index (χ3n) is 3.18. The van der Waals surface area contributed by atoms with E-state index in [1.165, 1.54) is 0 Å². The van der Waals surface area contributed by atoms with E-state index in [0.717, 1.165) is 19.5 Å². The second-order valence-corrected chi connectivity index (χ2v) is 6.59. The quantitative estimate of drug-likeness (QED) is 0.709. The third-order valence-corrected chi connectivity index (χ3v) is 3.18. The minimum Gasteiger partial charge on any atom is -0.444 e. The highest BCUT2D eigenvalue weighted by Gasteiger charge is 2.22. The van der Waals surface area contributed by atoms with Gasteiger partial charge < -0.3 is 20.7 Å². The number of hydrogen-bond donors (Lipinski definition) is 3. The van der Waals surface area contributed by atoms with Crippen LogP contribution in [0.5, 0.6) is 0 Å². The highest BCUT2D eigenvalue weighted by atomic mass is 16.6. The van der Waals surface area contributed by atoms with Gasteiger partial charge in [0.2, 0.25) is 0 Å². The molecule has 1 saturated heterocycles. The van der Waals surface area contributed by atoms with Gasteiger partial charge in [0.1, 0.15) is 5.60 Å². The van der Waals surface area contributed by atoms with Gasteiger partial charge in [-0.25, -0.2) is 4.79 Å². The molecule has 3 N–H and O–H groups in total. The number of rotatable bonds is 5. The molecular weight excluding hydrogens is 242 g/mol. The van der Waals surface area contributed by atoms with Crippen molar-refractivity contribution in [3.8, 4) is 0 Å². The molecule has 1 amide bonds. The maximum absolute atomic E-state index is 11.6. The molecule has 1 heterocycles. The lowest BCUT2D eigenvalue weighted by molar-refractivity contribution is 0.0518. The largest absolute Gasteiger partial charge is 0.444 e. The third kappa shape index (κ3) is 6.78. The van der Waals surface area contributed by atoms with Gasteiger partial charge in [-0.15, -0.1) is 0 Å². The van der Waals surface area contributed by atoms with Crippen LogP contribution >= 0.6 is 0 Å². The molecule has 0 spiro atoms. The Labute approximate surface area is 116 Å². The van der Waals surface area contributed by atoms with Gasteiger partial charge in [0.25, 0.3) is 0 Å². The van der Waals surface area contributed by atoms with Crippen LogP contribution in [0, 0.1) is 5.92 Å². The van der Waals surface area contributed by atoms with Crippen LogP contribution in [0.3, 0.4) is 0 Å². The van der Waals surface area contributed by atoms with E-state index in [2.05, 4.69) is 29.8 Å². The summed E-state index contributed by atoms with van der Waals surface area (Å²) in [6, 6.07) is 0.783. The van der Waals surface area contributed by atoms with Gasteiger partial charge in [0.05, 0.1) is 0 Å². The predicted molar refractivity (Wildman–Crippen MR) is 77.3 cm³/mol. The molecule has 1 fully saturated rings. The first-order chi connectivity index (χ1) is 8.78. The van der Waals surface area contributed by atoms with Crippen molar-refractivity contribution in [2.24, 2.45) is 5.92 Å². The molecule has 0 bridgehead atoms. The Morgan fingerprint density at radius 1 is 1.42 bits per heavy atom. The summed E-state index contributed by atoms with van der Waals surface area (Å²) in [5.41, 5.74) is -0.444. The van der Waals surface area contributed by atoms with Gasteiger partial charge in [-0.1, -0.05) is 13.8 Å². The topological polar surface area (TPSA) is 62.4 Å². The van der Waals surface area contributed by atoms with Crippen molar-refractivity contribution in [2.45, 2.75) is 58.7 Å². The molecular formula is C14H29N3O2. The van der Waals surface area contributed by atoms with E-state index >= 15 is 0 Å². The number of alkyl carbamates (subject to hydrolysis) is 1. The number of hydrogen-bond acceptors (Lipinski definition) is 4. The van der Waals surface area contributed by atoms with Gasteiger partial charge in [-0.05, 0) is 39.7 Å². The number of carbonyl (C=O) groups is 1. The lowest BCUT2D eigenvalue weighted by atomic mass is 10.0. The van der Waals surface area contributed by atoms with Crippen LogP contribution in [-0.2, 0) is 4.74 Å². The number of ether oxygens (including phenoxy) is 1. The normalized spacial score (nSPS) is 21.5. The van der Waals surface area contributed by atoms with Crippen molar-refractivity contribution >= 4 is 6.09 Å². The molecule has 0 aliphatic carbocycles. The first kappa shape index (κ1) is 16.2. The number of carbonyl (C=O) groups excluding carboxylic acids is 1. The van der Waals surface area contributed by atoms with Crippen LogP contribution in [0.2, 0.25) is 0 Å². The lowest BCUT2D eigenvalue weighted by Crippen LogP contribution is -2.49. The van der Waals surface area contributed by atoms with E-state index in [4.69, 9.17) is 4.74 Å². The Morgan fingerprint density at radius 2 is 2.11 bits per heavy atom. The van der Waals surface area contributed by atoms with Crippen molar-refractivity contribution in [3.63, 3.8) is 0 Å². The molecule has 1 aliphatic heterocycles. The molecule has 0 aromatic carbocycles. The Hall–Kier alpha value is -0.810. The van der Waals surface area contributed by atoms with E-state index in [0.29, 0.717) is 18.5 Å². The highest BCUT2D eigenvalue weighted by Crippen LogP contribution is 2.08. The Balaban J connectivity index is 2.34. The summed E-state index contributed by atoms with van der Waals surface area (Å²) < 4.78 is 5.25. The van der Waals surface area contributed by atoms with Crippen molar-refractivity contribution in [1.82, 2.24) is 16.0 Å². The monoisotopic (exact) mass is 271 g/mol. The van der Waals surface area contributed by atoms with Crippen LogP contribution < -0.4 is 16.0 Å². The molecule has 19 heavy (non-hydrogen) atoms. The van der Waals surface area contributed by atoms with E-state index in [-0.39, 0.29) is 12.1 Å². The lowest BCUT2D eigenvalue weighted by Gasteiger charge is -2.27. The zero-order valence-electron chi connectivity index (χ0n) is 12.9.